The van der Waals surface area contributed by atoms with Gasteiger partial charge in [-0.05, 0) is 26.7 Å². The number of alkyl carbamates (subject to hydrolysis) is 1. The molecule has 0 aromatic heterocycles. The lowest BCUT2D eigenvalue weighted by Gasteiger charge is -2.22. The Morgan fingerprint density at radius 3 is 3.08 bits per heavy atom. The van der Waals surface area contributed by atoms with Crippen LogP contribution in [-0.4, -0.2) is 18.7 Å². The largest absolute Gasteiger partial charge is 0.449 e. The summed E-state index contributed by atoms with van der Waals surface area (Å²) in [4.78, 5) is 10.8. The van der Waals surface area contributed by atoms with Crippen molar-refractivity contribution in [2.24, 2.45) is 0 Å². The quantitative estimate of drug-likeness (QED) is 0.681. The fourth-order valence-corrected chi connectivity index (χ4v) is 1.36. The zero-order valence-electron chi connectivity index (χ0n) is 8.30. The minimum atomic E-state index is -0.270. The van der Waals surface area contributed by atoms with Crippen LogP contribution in [0.1, 0.15) is 33.1 Å². The van der Waals surface area contributed by atoms with E-state index in [0.717, 1.165) is 19.3 Å². The normalized spacial score (nSPS) is 21.7. The minimum Gasteiger partial charge on any atom is -0.449 e. The highest BCUT2D eigenvalue weighted by Gasteiger charge is 2.17. The number of allylic oxidation sites excluding steroid dienone is 2. The predicted octanol–water partition coefficient (Wildman–Crippen LogP) is 2.23. The van der Waals surface area contributed by atoms with Crippen LogP contribution in [0, 0.1) is 0 Å². The first-order valence-corrected chi connectivity index (χ1v) is 4.75. The van der Waals surface area contributed by atoms with Crippen molar-refractivity contribution in [2.75, 3.05) is 6.61 Å². The van der Waals surface area contributed by atoms with Crippen LogP contribution in [0.4, 0.5) is 4.79 Å². The number of carbonyl (C=O) groups is 1. The molecule has 0 bridgehead atoms. The molecular weight excluding hydrogens is 166 g/mol. The molecule has 1 heterocycles. The molecule has 0 spiro atoms. The Bertz CT molecular complexity index is 207. The molecule has 1 N–H and O–H groups in total. The lowest BCUT2D eigenvalue weighted by molar-refractivity contribution is 0.114. The molecule has 1 amide bonds. The SMILES string of the molecule is CC(C)=CCC[C@@H]1CCOC(=O)N1. The van der Waals surface area contributed by atoms with Gasteiger partial charge in [-0.2, -0.15) is 0 Å². The molecule has 0 saturated carbocycles. The summed E-state index contributed by atoms with van der Waals surface area (Å²) in [7, 11) is 0. The van der Waals surface area contributed by atoms with Gasteiger partial charge in [0.1, 0.15) is 0 Å². The third kappa shape index (κ3) is 3.97. The van der Waals surface area contributed by atoms with Crippen molar-refractivity contribution < 1.29 is 9.53 Å². The van der Waals surface area contributed by atoms with E-state index in [0.29, 0.717) is 12.6 Å². The maximum atomic E-state index is 10.8. The number of carbonyl (C=O) groups excluding carboxylic acids is 1. The second kappa shape index (κ2) is 4.90. The van der Waals surface area contributed by atoms with Crippen molar-refractivity contribution in [2.45, 2.75) is 39.2 Å². The summed E-state index contributed by atoms with van der Waals surface area (Å²) in [6, 6.07) is 0.303. The van der Waals surface area contributed by atoms with Gasteiger partial charge < -0.3 is 10.1 Å². The summed E-state index contributed by atoms with van der Waals surface area (Å²) < 4.78 is 4.77. The minimum absolute atomic E-state index is 0.270. The Labute approximate surface area is 79.2 Å². The van der Waals surface area contributed by atoms with E-state index in [1.165, 1.54) is 5.57 Å². The lowest BCUT2D eigenvalue weighted by Crippen LogP contribution is -2.41. The number of ether oxygens (including phenoxy) is 1. The van der Waals surface area contributed by atoms with Gasteiger partial charge >= 0.3 is 6.09 Å². The van der Waals surface area contributed by atoms with Gasteiger partial charge in [0.25, 0.3) is 0 Å². The Hall–Kier alpha value is -0.990. The van der Waals surface area contributed by atoms with Gasteiger partial charge in [0, 0.05) is 12.5 Å². The van der Waals surface area contributed by atoms with E-state index in [-0.39, 0.29) is 6.09 Å². The molecule has 0 radical (unpaired) electrons. The number of rotatable bonds is 3. The highest BCUT2D eigenvalue weighted by Crippen LogP contribution is 2.08. The number of hydrogen-bond acceptors (Lipinski definition) is 2. The van der Waals surface area contributed by atoms with Crippen LogP contribution >= 0.6 is 0 Å². The Kier molecular flexibility index (Phi) is 3.80. The first kappa shape index (κ1) is 10.1. The molecule has 3 nitrogen and oxygen atoms in total. The maximum absolute atomic E-state index is 10.8. The highest BCUT2D eigenvalue weighted by atomic mass is 16.5. The van der Waals surface area contributed by atoms with E-state index in [1.807, 2.05) is 0 Å². The molecule has 1 saturated heterocycles. The molecule has 1 rings (SSSR count). The van der Waals surface area contributed by atoms with Gasteiger partial charge in [-0.15, -0.1) is 0 Å². The molecule has 1 aliphatic heterocycles. The molecule has 0 aromatic rings. The average molecular weight is 183 g/mol. The van der Waals surface area contributed by atoms with Crippen LogP contribution in [0.15, 0.2) is 11.6 Å². The van der Waals surface area contributed by atoms with E-state index < -0.39 is 0 Å². The van der Waals surface area contributed by atoms with E-state index in [9.17, 15) is 4.79 Å². The Balaban J connectivity index is 2.21. The van der Waals surface area contributed by atoms with E-state index in [2.05, 4.69) is 25.2 Å². The topological polar surface area (TPSA) is 38.3 Å². The first-order chi connectivity index (χ1) is 6.18. The van der Waals surface area contributed by atoms with Crippen molar-refractivity contribution in [3.8, 4) is 0 Å². The van der Waals surface area contributed by atoms with Gasteiger partial charge in [-0.25, -0.2) is 4.79 Å². The molecule has 13 heavy (non-hydrogen) atoms. The number of nitrogens with one attached hydrogen (secondary N) is 1. The highest BCUT2D eigenvalue weighted by molar-refractivity contribution is 5.68. The zero-order chi connectivity index (χ0) is 9.68. The van der Waals surface area contributed by atoms with Crippen molar-refractivity contribution in [1.29, 1.82) is 0 Å². The molecule has 1 atom stereocenters. The monoisotopic (exact) mass is 183 g/mol. The summed E-state index contributed by atoms with van der Waals surface area (Å²) in [6.07, 6.45) is 4.91. The van der Waals surface area contributed by atoms with Crippen molar-refractivity contribution in [3.63, 3.8) is 0 Å². The smallest absolute Gasteiger partial charge is 0.407 e. The summed E-state index contributed by atoms with van der Waals surface area (Å²) >= 11 is 0. The van der Waals surface area contributed by atoms with Crippen LogP contribution in [0.2, 0.25) is 0 Å². The number of cyclic esters (lactones) is 1. The van der Waals surface area contributed by atoms with E-state index >= 15 is 0 Å². The molecule has 74 valence electrons. The molecule has 0 aliphatic carbocycles. The van der Waals surface area contributed by atoms with Gasteiger partial charge in [-0.1, -0.05) is 11.6 Å². The number of amides is 1. The van der Waals surface area contributed by atoms with Gasteiger partial charge in [0.2, 0.25) is 0 Å². The van der Waals surface area contributed by atoms with Gasteiger partial charge in [0.15, 0.2) is 0 Å². The van der Waals surface area contributed by atoms with Crippen LogP contribution in [-0.2, 0) is 4.74 Å². The van der Waals surface area contributed by atoms with Gasteiger partial charge in [-0.3, -0.25) is 0 Å². The lowest BCUT2D eigenvalue weighted by atomic mass is 10.1. The zero-order valence-corrected chi connectivity index (χ0v) is 8.30. The average Bonchev–Trinajstić information content (AvgIpc) is 2.03. The molecule has 1 aliphatic rings. The maximum Gasteiger partial charge on any atom is 0.407 e. The van der Waals surface area contributed by atoms with Crippen LogP contribution in [0.5, 0.6) is 0 Å². The summed E-state index contributed by atoms with van der Waals surface area (Å²) in [6.45, 7) is 4.73. The molecular formula is C10H17NO2. The second-order valence-corrected chi connectivity index (χ2v) is 3.62. The van der Waals surface area contributed by atoms with Crippen LogP contribution < -0.4 is 5.32 Å². The van der Waals surface area contributed by atoms with Crippen LogP contribution in [0.25, 0.3) is 0 Å². The molecule has 0 unspecified atom stereocenters. The standard InChI is InChI=1S/C10H17NO2/c1-8(2)4-3-5-9-6-7-13-10(12)11-9/h4,9H,3,5-7H2,1-2H3,(H,11,12)/t9-/m1/s1. The summed E-state index contributed by atoms with van der Waals surface area (Å²) in [5.41, 5.74) is 1.33. The third-order valence-corrected chi connectivity index (χ3v) is 2.09. The van der Waals surface area contributed by atoms with Crippen molar-refractivity contribution in [3.05, 3.63) is 11.6 Å². The fraction of sp³-hybridized carbons (Fsp3) is 0.700. The third-order valence-electron chi connectivity index (χ3n) is 2.09. The Morgan fingerprint density at radius 2 is 2.46 bits per heavy atom. The summed E-state index contributed by atoms with van der Waals surface area (Å²) in [5.74, 6) is 0. The number of hydrogen-bond donors (Lipinski definition) is 1. The predicted molar refractivity (Wildman–Crippen MR) is 51.6 cm³/mol. The fourth-order valence-electron chi connectivity index (χ4n) is 1.36. The van der Waals surface area contributed by atoms with Crippen LogP contribution in [0.3, 0.4) is 0 Å². The summed E-state index contributed by atoms with van der Waals surface area (Å²) in [5, 5.41) is 2.80. The van der Waals surface area contributed by atoms with Gasteiger partial charge in [0.05, 0.1) is 6.61 Å². The van der Waals surface area contributed by atoms with Crippen molar-refractivity contribution >= 4 is 6.09 Å². The molecule has 0 aromatic carbocycles. The Morgan fingerprint density at radius 1 is 1.69 bits per heavy atom. The molecule has 1 fully saturated rings. The van der Waals surface area contributed by atoms with E-state index in [4.69, 9.17) is 4.74 Å². The second-order valence-electron chi connectivity index (χ2n) is 3.62. The van der Waals surface area contributed by atoms with E-state index in [1.54, 1.807) is 0 Å². The van der Waals surface area contributed by atoms with Crippen molar-refractivity contribution in [1.82, 2.24) is 5.32 Å². The first-order valence-electron chi connectivity index (χ1n) is 4.75. The molecule has 3 heteroatoms.